The number of ether oxygens (including phenoxy) is 1. The molecule has 0 spiro atoms. The molecule has 0 atom stereocenters. The summed E-state index contributed by atoms with van der Waals surface area (Å²) in [5.41, 5.74) is 2.03. The van der Waals surface area contributed by atoms with Crippen molar-refractivity contribution in [3.05, 3.63) is 60.2 Å². The van der Waals surface area contributed by atoms with Gasteiger partial charge in [0, 0.05) is 19.2 Å². The lowest BCUT2D eigenvalue weighted by Crippen LogP contribution is -2.36. The Kier molecular flexibility index (Phi) is 6.74. The van der Waals surface area contributed by atoms with Crippen LogP contribution in [0.3, 0.4) is 0 Å². The molecule has 0 saturated carbocycles. The van der Waals surface area contributed by atoms with Crippen molar-refractivity contribution in [1.29, 1.82) is 0 Å². The molecule has 5 nitrogen and oxygen atoms in total. The lowest BCUT2D eigenvalue weighted by Gasteiger charge is -2.29. The molecule has 0 amide bonds. The molecule has 0 radical (unpaired) electrons. The molecule has 7 heteroatoms. The molecule has 0 bridgehead atoms. The standard InChI is InChI=1S/C10H13FN2O3.C6H5F/c11-9-7-8(16-12-14)1-2-10(9)13-3-5-15-6-4-13;7-6-4-2-1-3-5-6/h1-2,7,12,14H,3-6H2;1-5H. The first kappa shape index (κ1) is 17.1. The second kappa shape index (κ2) is 9.04. The van der Waals surface area contributed by atoms with Gasteiger partial charge in [0.25, 0.3) is 0 Å². The third kappa shape index (κ3) is 5.48. The number of rotatable bonds is 3. The van der Waals surface area contributed by atoms with Gasteiger partial charge in [-0.05, 0) is 29.9 Å². The van der Waals surface area contributed by atoms with E-state index < -0.39 is 0 Å². The predicted molar refractivity (Wildman–Crippen MR) is 81.4 cm³/mol. The van der Waals surface area contributed by atoms with Gasteiger partial charge in [-0.1, -0.05) is 18.2 Å². The molecule has 0 unspecified atom stereocenters. The highest BCUT2D eigenvalue weighted by molar-refractivity contribution is 5.50. The van der Waals surface area contributed by atoms with Gasteiger partial charge in [0.1, 0.15) is 11.6 Å². The normalized spacial score (nSPS) is 14.0. The van der Waals surface area contributed by atoms with E-state index in [0.717, 1.165) is 0 Å². The zero-order chi connectivity index (χ0) is 16.5. The van der Waals surface area contributed by atoms with Crippen LogP contribution in [-0.4, -0.2) is 31.5 Å². The fraction of sp³-hybridized carbons (Fsp3) is 0.250. The first-order chi connectivity index (χ1) is 11.2. The highest BCUT2D eigenvalue weighted by Gasteiger charge is 2.15. The van der Waals surface area contributed by atoms with Gasteiger partial charge in [-0.3, -0.25) is 5.21 Å². The van der Waals surface area contributed by atoms with E-state index in [0.29, 0.717) is 32.0 Å². The maximum absolute atomic E-state index is 13.7. The zero-order valence-electron chi connectivity index (χ0n) is 12.4. The van der Waals surface area contributed by atoms with Crippen molar-refractivity contribution in [1.82, 2.24) is 5.64 Å². The average Bonchev–Trinajstić information content (AvgIpc) is 2.57. The van der Waals surface area contributed by atoms with Gasteiger partial charge >= 0.3 is 0 Å². The van der Waals surface area contributed by atoms with Gasteiger partial charge in [0.2, 0.25) is 0 Å². The molecule has 1 saturated heterocycles. The van der Waals surface area contributed by atoms with Gasteiger partial charge in [-0.2, -0.15) is 0 Å². The van der Waals surface area contributed by atoms with Crippen LogP contribution in [0.1, 0.15) is 0 Å². The van der Waals surface area contributed by atoms with Crippen molar-refractivity contribution in [2.75, 3.05) is 31.2 Å². The summed E-state index contributed by atoms with van der Waals surface area (Å²) in [6.07, 6.45) is 0. The molecule has 1 heterocycles. The summed E-state index contributed by atoms with van der Waals surface area (Å²) in [6.45, 7) is 2.57. The number of hydrogen-bond donors (Lipinski definition) is 2. The fourth-order valence-electron chi connectivity index (χ4n) is 2.08. The van der Waals surface area contributed by atoms with E-state index in [4.69, 9.17) is 9.94 Å². The lowest BCUT2D eigenvalue weighted by atomic mass is 10.2. The van der Waals surface area contributed by atoms with Crippen LogP contribution in [0.25, 0.3) is 0 Å². The van der Waals surface area contributed by atoms with Crippen molar-refractivity contribution in [2.45, 2.75) is 0 Å². The third-order valence-electron chi connectivity index (χ3n) is 3.17. The van der Waals surface area contributed by atoms with Crippen molar-refractivity contribution < 1.29 is 23.6 Å². The van der Waals surface area contributed by atoms with E-state index >= 15 is 0 Å². The monoisotopic (exact) mass is 324 g/mol. The Hall–Kier alpha value is -2.22. The Balaban J connectivity index is 0.000000229. The summed E-state index contributed by atoms with van der Waals surface area (Å²) in [5.74, 6) is -0.339. The summed E-state index contributed by atoms with van der Waals surface area (Å²) >= 11 is 0. The molecule has 23 heavy (non-hydrogen) atoms. The minimum absolute atomic E-state index is 0.178. The van der Waals surface area contributed by atoms with Gasteiger partial charge in [0.15, 0.2) is 5.75 Å². The van der Waals surface area contributed by atoms with Crippen LogP contribution in [-0.2, 0) is 4.74 Å². The third-order valence-corrected chi connectivity index (χ3v) is 3.17. The molecule has 1 aliphatic rings. The molecule has 0 aliphatic carbocycles. The molecule has 2 N–H and O–H groups in total. The van der Waals surface area contributed by atoms with Crippen molar-refractivity contribution in [3.63, 3.8) is 0 Å². The van der Waals surface area contributed by atoms with E-state index in [1.54, 1.807) is 30.3 Å². The topological polar surface area (TPSA) is 54.0 Å². The minimum atomic E-state index is -0.380. The van der Waals surface area contributed by atoms with Gasteiger partial charge < -0.3 is 14.5 Å². The smallest absolute Gasteiger partial charge is 0.153 e. The molecule has 3 rings (SSSR count). The average molecular weight is 324 g/mol. The predicted octanol–water partition coefficient (Wildman–Crippen LogP) is 2.76. The molecular weight excluding hydrogens is 306 g/mol. The number of halogens is 2. The summed E-state index contributed by atoms with van der Waals surface area (Å²) < 4.78 is 30.8. The summed E-state index contributed by atoms with van der Waals surface area (Å²) in [6, 6.07) is 12.4. The van der Waals surface area contributed by atoms with Crippen LogP contribution in [0.4, 0.5) is 14.5 Å². The van der Waals surface area contributed by atoms with Crippen molar-refractivity contribution in [3.8, 4) is 5.75 Å². The van der Waals surface area contributed by atoms with E-state index in [9.17, 15) is 8.78 Å². The quantitative estimate of drug-likeness (QED) is 0.850. The molecular formula is C16H18F2N2O3. The van der Waals surface area contributed by atoms with Gasteiger partial charge in [-0.15, -0.1) is 0 Å². The molecule has 1 aliphatic heterocycles. The van der Waals surface area contributed by atoms with E-state index in [2.05, 4.69) is 4.84 Å². The van der Waals surface area contributed by atoms with Gasteiger partial charge in [-0.25, -0.2) is 8.78 Å². The molecule has 2 aromatic rings. The summed E-state index contributed by atoms with van der Waals surface area (Å²) in [7, 11) is 0. The maximum atomic E-state index is 13.7. The Labute approximate surface area is 133 Å². The van der Waals surface area contributed by atoms with Crippen LogP contribution in [0.15, 0.2) is 48.5 Å². The lowest BCUT2D eigenvalue weighted by molar-refractivity contribution is -0.0437. The molecule has 124 valence electrons. The number of hydrogen-bond acceptors (Lipinski definition) is 5. The number of anilines is 1. The van der Waals surface area contributed by atoms with Crippen LogP contribution >= 0.6 is 0 Å². The second-order valence-electron chi connectivity index (χ2n) is 4.70. The Morgan fingerprint density at radius 2 is 1.74 bits per heavy atom. The highest BCUT2D eigenvalue weighted by Crippen LogP contribution is 2.24. The van der Waals surface area contributed by atoms with Crippen LogP contribution in [0, 0.1) is 11.6 Å². The highest BCUT2D eigenvalue weighted by atomic mass is 19.1. The number of benzene rings is 2. The van der Waals surface area contributed by atoms with E-state index in [-0.39, 0.29) is 17.4 Å². The van der Waals surface area contributed by atoms with Crippen LogP contribution in [0.2, 0.25) is 0 Å². The summed E-state index contributed by atoms with van der Waals surface area (Å²) in [4.78, 5) is 6.46. The fourth-order valence-corrected chi connectivity index (χ4v) is 2.08. The van der Waals surface area contributed by atoms with Crippen LogP contribution < -0.4 is 15.4 Å². The number of nitrogens with zero attached hydrogens (tertiary/aromatic N) is 1. The first-order valence-corrected chi connectivity index (χ1v) is 7.09. The second-order valence-corrected chi connectivity index (χ2v) is 4.70. The zero-order valence-corrected chi connectivity index (χ0v) is 12.4. The van der Waals surface area contributed by atoms with E-state index in [1.165, 1.54) is 23.8 Å². The van der Waals surface area contributed by atoms with Gasteiger partial charge in [0.05, 0.1) is 18.9 Å². The van der Waals surface area contributed by atoms with Crippen molar-refractivity contribution in [2.24, 2.45) is 0 Å². The Morgan fingerprint density at radius 1 is 1.04 bits per heavy atom. The maximum Gasteiger partial charge on any atom is 0.153 e. The van der Waals surface area contributed by atoms with Crippen LogP contribution in [0.5, 0.6) is 5.75 Å². The number of morpholine rings is 1. The first-order valence-electron chi connectivity index (χ1n) is 7.09. The molecule has 2 aromatic carbocycles. The minimum Gasteiger partial charge on any atom is -0.383 e. The molecule has 0 aromatic heterocycles. The number of nitrogens with one attached hydrogen (secondary N) is 1. The largest absolute Gasteiger partial charge is 0.383 e. The Morgan fingerprint density at radius 3 is 2.26 bits per heavy atom. The van der Waals surface area contributed by atoms with E-state index in [1.807, 2.05) is 4.90 Å². The molecule has 1 fully saturated rings. The van der Waals surface area contributed by atoms with Crippen molar-refractivity contribution >= 4 is 5.69 Å². The SMILES string of the molecule is Fc1ccccc1.ONOc1ccc(N2CCOCC2)c(F)c1. The Bertz CT molecular complexity index is 593. The summed E-state index contributed by atoms with van der Waals surface area (Å²) in [5, 5.41) is 8.31.